The summed E-state index contributed by atoms with van der Waals surface area (Å²) in [6.07, 6.45) is 3.38. The Labute approximate surface area is 112 Å². The molecule has 0 unspecified atom stereocenters. The highest BCUT2D eigenvalue weighted by Gasteiger charge is 2.13. The second kappa shape index (κ2) is 4.73. The number of anilines is 1. The van der Waals surface area contributed by atoms with Crippen LogP contribution in [0.5, 0.6) is 0 Å². The molecule has 0 bridgehead atoms. The predicted octanol–water partition coefficient (Wildman–Crippen LogP) is 2.86. The van der Waals surface area contributed by atoms with Gasteiger partial charge in [0.25, 0.3) is 5.91 Å². The zero-order valence-electron chi connectivity index (χ0n) is 10.2. The van der Waals surface area contributed by atoms with E-state index in [2.05, 4.69) is 10.3 Å². The van der Waals surface area contributed by atoms with E-state index in [1.54, 1.807) is 22.9 Å². The van der Waals surface area contributed by atoms with E-state index >= 15 is 0 Å². The van der Waals surface area contributed by atoms with E-state index in [1.807, 2.05) is 12.1 Å². The monoisotopic (exact) mass is 273 g/mol. The molecule has 1 aromatic carbocycles. The quantitative estimate of drug-likeness (QED) is 0.780. The third-order valence-electron chi connectivity index (χ3n) is 2.78. The van der Waals surface area contributed by atoms with E-state index in [4.69, 9.17) is 0 Å². The Kier molecular flexibility index (Phi) is 2.90. The molecular weight excluding hydrogens is 264 g/mol. The maximum atomic E-state index is 13.5. The molecule has 100 valence electrons. The molecule has 0 saturated heterocycles. The van der Waals surface area contributed by atoms with Crippen LogP contribution in [0.25, 0.3) is 5.65 Å². The summed E-state index contributed by atoms with van der Waals surface area (Å²) in [5.41, 5.74) is 0.422. The van der Waals surface area contributed by atoms with Crippen LogP contribution in [0.15, 0.2) is 48.8 Å². The minimum absolute atomic E-state index is 0.233. The lowest BCUT2D eigenvalue weighted by atomic mass is 10.2. The Morgan fingerprint density at radius 2 is 2.05 bits per heavy atom. The molecule has 3 rings (SSSR count). The maximum Gasteiger partial charge on any atom is 0.259 e. The summed E-state index contributed by atoms with van der Waals surface area (Å²) in [4.78, 5) is 16.1. The molecule has 0 saturated carbocycles. The number of pyridine rings is 1. The Hall–Kier alpha value is -2.76. The van der Waals surface area contributed by atoms with Crippen molar-refractivity contribution in [3.05, 3.63) is 66.0 Å². The lowest BCUT2D eigenvalue weighted by molar-refractivity contribution is 0.102. The van der Waals surface area contributed by atoms with Crippen molar-refractivity contribution in [1.29, 1.82) is 0 Å². The number of hydrogen-bond donors (Lipinski definition) is 1. The van der Waals surface area contributed by atoms with Gasteiger partial charge in [-0.25, -0.2) is 13.8 Å². The third kappa shape index (κ3) is 2.23. The zero-order valence-corrected chi connectivity index (χ0v) is 10.2. The van der Waals surface area contributed by atoms with Crippen LogP contribution >= 0.6 is 0 Å². The van der Waals surface area contributed by atoms with Crippen molar-refractivity contribution < 1.29 is 13.6 Å². The summed E-state index contributed by atoms with van der Waals surface area (Å²) >= 11 is 0. The fourth-order valence-electron chi connectivity index (χ4n) is 1.85. The zero-order chi connectivity index (χ0) is 14.1. The van der Waals surface area contributed by atoms with Crippen LogP contribution in [-0.4, -0.2) is 15.3 Å². The van der Waals surface area contributed by atoms with Gasteiger partial charge in [0.15, 0.2) is 5.82 Å². The number of hydrogen-bond acceptors (Lipinski definition) is 2. The SMILES string of the molecule is O=C(Nc1cn2ccccc2n1)c1ccc(F)cc1F. The van der Waals surface area contributed by atoms with Gasteiger partial charge in [0.05, 0.1) is 11.8 Å². The summed E-state index contributed by atoms with van der Waals surface area (Å²) in [6, 6.07) is 8.19. The first kappa shape index (κ1) is 12.3. The van der Waals surface area contributed by atoms with Crippen molar-refractivity contribution in [2.75, 3.05) is 5.32 Å². The average molecular weight is 273 g/mol. The molecule has 6 heteroatoms. The molecule has 0 aliphatic heterocycles. The van der Waals surface area contributed by atoms with Gasteiger partial charge in [-0.2, -0.15) is 0 Å². The van der Waals surface area contributed by atoms with E-state index in [1.165, 1.54) is 0 Å². The molecule has 0 radical (unpaired) electrons. The number of aromatic nitrogens is 2. The molecule has 1 N–H and O–H groups in total. The first-order valence-electron chi connectivity index (χ1n) is 5.83. The minimum Gasteiger partial charge on any atom is -0.305 e. The number of rotatable bonds is 2. The van der Waals surface area contributed by atoms with Crippen LogP contribution in [0.3, 0.4) is 0 Å². The van der Waals surface area contributed by atoms with Crippen molar-refractivity contribution in [3.63, 3.8) is 0 Å². The first-order chi connectivity index (χ1) is 9.63. The van der Waals surface area contributed by atoms with Crippen molar-refractivity contribution in [2.45, 2.75) is 0 Å². The summed E-state index contributed by atoms with van der Waals surface area (Å²) in [5.74, 6) is -2.02. The molecule has 0 aliphatic rings. The standard InChI is InChI=1S/C14H9F2N3O/c15-9-4-5-10(11(16)7-9)14(20)18-12-8-19-6-2-1-3-13(19)17-12/h1-8H,(H,18,20). The molecule has 2 aromatic heterocycles. The summed E-state index contributed by atoms with van der Waals surface area (Å²) < 4.78 is 28.0. The molecule has 2 heterocycles. The van der Waals surface area contributed by atoms with Crippen molar-refractivity contribution in [2.24, 2.45) is 0 Å². The van der Waals surface area contributed by atoms with Gasteiger partial charge in [-0.1, -0.05) is 6.07 Å². The smallest absolute Gasteiger partial charge is 0.259 e. The number of halogens is 2. The summed E-state index contributed by atoms with van der Waals surface area (Å²) in [5, 5.41) is 2.47. The van der Waals surface area contributed by atoms with Gasteiger partial charge in [-0.3, -0.25) is 4.79 Å². The van der Waals surface area contributed by atoms with Crippen LogP contribution in [-0.2, 0) is 0 Å². The maximum absolute atomic E-state index is 13.5. The lowest BCUT2D eigenvalue weighted by Gasteiger charge is -2.03. The van der Waals surface area contributed by atoms with Crippen LogP contribution in [0.1, 0.15) is 10.4 Å². The normalized spacial score (nSPS) is 10.7. The second-order valence-corrected chi connectivity index (χ2v) is 4.17. The van der Waals surface area contributed by atoms with Crippen molar-refractivity contribution in [1.82, 2.24) is 9.38 Å². The number of amides is 1. The Balaban J connectivity index is 1.88. The van der Waals surface area contributed by atoms with Gasteiger partial charge in [0.1, 0.15) is 17.3 Å². The van der Waals surface area contributed by atoms with Gasteiger partial charge >= 0.3 is 0 Å². The molecule has 3 aromatic rings. The number of benzene rings is 1. The Morgan fingerprint density at radius 3 is 2.80 bits per heavy atom. The van der Waals surface area contributed by atoms with E-state index in [0.29, 0.717) is 17.5 Å². The number of imidazole rings is 1. The molecule has 0 fully saturated rings. The van der Waals surface area contributed by atoms with Gasteiger partial charge in [0, 0.05) is 12.3 Å². The topological polar surface area (TPSA) is 46.4 Å². The molecular formula is C14H9F2N3O. The number of nitrogens with one attached hydrogen (secondary N) is 1. The predicted molar refractivity (Wildman–Crippen MR) is 69.5 cm³/mol. The van der Waals surface area contributed by atoms with E-state index in [-0.39, 0.29) is 5.56 Å². The van der Waals surface area contributed by atoms with Gasteiger partial charge in [-0.05, 0) is 24.3 Å². The van der Waals surface area contributed by atoms with E-state index in [9.17, 15) is 13.6 Å². The van der Waals surface area contributed by atoms with E-state index in [0.717, 1.165) is 12.1 Å². The van der Waals surface area contributed by atoms with Crippen LogP contribution in [0.2, 0.25) is 0 Å². The van der Waals surface area contributed by atoms with Gasteiger partial charge < -0.3 is 9.72 Å². The van der Waals surface area contributed by atoms with Crippen molar-refractivity contribution in [3.8, 4) is 0 Å². The van der Waals surface area contributed by atoms with Crippen LogP contribution in [0, 0.1) is 11.6 Å². The largest absolute Gasteiger partial charge is 0.305 e. The summed E-state index contributed by atoms with van der Waals surface area (Å²) in [7, 11) is 0. The molecule has 20 heavy (non-hydrogen) atoms. The highest BCUT2D eigenvalue weighted by atomic mass is 19.1. The number of carbonyl (C=O) groups is 1. The fourth-order valence-corrected chi connectivity index (χ4v) is 1.85. The minimum atomic E-state index is -0.911. The van der Waals surface area contributed by atoms with Crippen LogP contribution < -0.4 is 5.32 Å². The molecule has 0 aliphatic carbocycles. The third-order valence-corrected chi connectivity index (χ3v) is 2.78. The highest BCUT2D eigenvalue weighted by Crippen LogP contribution is 2.13. The molecule has 0 spiro atoms. The number of fused-ring (bicyclic) bond motifs is 1. The second-order valence-electron chi connectivity index (χ2n) is 4.17. The lowest BCUT2D eigenvalue weighted by Crippen LogP contribution is -2.14. The number of nitrogens with zero attached hydrogens (tertiary/aromatic N) is 2. The molecule has 0 atom stereocenters. The first-order valence-corrected chi connectivity index (χ1v) is 5.83. The average Bonchev–Trinajstić information content (AvgIpc) is 2.80. The van der Waals surface area contributed by atoms with Gasteiger partial charge in [0.2, 0.25) is 0 Å². The van der Waals surface area contributed by atoms with Crippen molar-refractivity contribution >= 4 is 17.4 Å². The molecule has 4 nitrogen and oxygen atoms in total. The highest BCUT2D eigenvalue weighted by molar-refractivity contribution is 6.04. The summed E-state index contributed by atoms with van der Waals surface area (Å²) in [6.45, 7) is 0. The van der Waals surface area contributed by atoms with Crippen LogP contribution in [0.4, 0.5) is 14.6 Å². The number of carbonyl (C=O) groups excluding carboxylic acids is 1. The fraction of sp³-hybridized carbons (Fsp3) is 0. The van der Waals surface area contributed by atoms with Gasteiger partial charge in [-0.15, -0.1) is 0 Å². The van der Waals surface area contributed by atoms with E-state index < -0.39 is 17.5 Å². The Morgan fingerprint density at radius 1 is 1.20 bits per heavy atom. The Bertz CT molecular complexity index is 765. The molecule has 1 amide bonds.